The van der Waals surface area contributed by atoms with Crippen LogP contribution in [0.25, 0.3) is 0 Å². The van der Waals surface area contributed by atoms with Crippen LogP contribution in [0.15, 0.2) is 5.16 Å². The van der Waals surface area contributed by atoms with E-state index in [-0.39, 0.29) is 43.9 Å². The normalized spacial score (nSPS) is 42.0. The molecular formula is C54H96N2O17. The number of aliphatic hydroxyl groups is 3. The fraction of sp³-hybridized carbons (Fsp3) is 0.926. The highest BCUT2D eigenvalue weighted by Crippen LogP contribution is 2.39. The fourth-order valence-electron chi connectivity index (χ4n) is 11.5. The lowest BCUT2D eigenvalue weighted by molar-refractivity contribution is -0.305. The number of carbonyl (C=O) groups is 3. The number of Topliss-reactive ketones (excluding diaryl/α,β-unsaturated/α-hetero) is 1. The Balaban J connectivity index is 1.88. The first kappa shape index (κ1) is 63.1. The summed E-state index contributed by atoms with van der Waals surface area (Å²) in [5, 5.41) is 39.1. The number of ketones is 1. The number of carbonyl (C=O) groups excluding carboxylic acids is 3. The Hall–Kier alpha value is -2.40. The molecule has 19 heteroatoms. The molecule has 0 aliphatic carbocycles. The maximum absolute atomic E-state index is 15.3. The van der Waals surface area contributed by atoms with Crippen LogP contribution in [0.3, 0.4) is 0 Å². The molecule has 4 fully saturated rings. The third-order valence-electron chi connectivity index (χ3n) is 15.5. The van der Waals surface area contributed by atoms with Crippen LogP contribution in [0.5, 0.6) is 0 Å². The molecule has 4 aliphatic rings. The summed E-state index contributed by atoms with van der Waals surface area (Å²) in [5.74, 6) is -6.83. The van der Waals surface area contributed by atoms with Crippen LogP contribution in [0.2, 0.25) is 0 Å². The van der Waals surface area contributed by atoms with Crippen molar-refractivity contribution in [2.75, 3.05) is 41.0 Å². The molecule has 3 N–H and O–H groups in total. The number of rotatable bonds is 18. The molecule has 4 heterocycles. The van der Waals surface area contributed by atoms with Gasteiger partial charge < -0.3 is 67.5 Å². The van der Waals surface area contributed by atoms with E-state index in [0.29, 0.717) is 18.7 Å². The van der Waals surface area contributed by atoms with Gasteiger partial charge in [-0.05, 0) is 72.8 Å². The van der Waals surface area contributed by atoms with Crippen LogP contribution in [0.1, 0.15) is 142 Å². The van der Waals surface area contributed by atoms with Gasteiger partial charge in [-0.1, -0.05) is 73.4 Å². The number of ether oxygens (including phenoxy) is 10. The molecule has 4 aliphatic heterocycles. The van der Waals surface area contributed by atoms with Crippen molar-refractivity contribution in [2.24, 2.45) is 46.6 Å². The van der Waals surface area contributed by atoms with E-state index in [1.165, 1.54) is 28.3 Å². The minimum Gasteiger partial charge on any atom is -0.461 e. The first-order valence-electron chi connectivity index (χ1n) is 27.1. The van der Waals surface area contributed by atoms with Gasteiger partial charge in [0.15, 0.2) is 24.7 Å². The van der Waals surface area contributed by atoms with Crippen LogP contribution in [-0.4, -0.2) is 182 Å². The number of oxime groups is 1. The van der Waals surface area contributed by atoms with Gasteiger partial charge in [-0.15, -0.1) is 0 Å². The minimum absolute atomic E-state index is 0.0528. The molecule has 1 unspecified atom stereocenters. The lowest BCUT2D eigenvalue weighted by atomic mass is 9.74. The highest BCUT2D eigenvalue weighted by molar-refractivity contribution is 5.90. The van der Waals surface area contributed by atoms with E-state index < -0.39 is 139 Å². The van der Waals surface area contributed by atoms with Crippen molar-refractivity contribution in [2.45, 2.75) is 240 Å². The molecule has 19 nitrogen and oxygen atoms in total. The third-order valence-corrected chi connectivity index (χ3v) is 15.5. The minimum atomic E-state index is -2.01. The maximum atomic E-state index is 15.3. The summed E-state index contributed by atoms with van der Waals surface area (Å²) < 4.78 is 63.6. The summed E-state index contributed by atoms with van der Waals surface area (Å²) >= 11 is 0. The number of methoxy groups -OCH3 is 2. The lowest BCUT2D eigenvalue weighted by Gasteiger charge is -2.44. The van der Waals surface area contributed by atoms with Gasteiger partial charge in [-0.2, -0.15) is 0 Å². The number of cyclic esters (lactones) is 1. The Morgan fingerprint density at radius 1 is 0.822 bits per heavy atom. The summed E-state index contributed by atoms with van der Waals surface area (Å²) in [6, 6.07) is 0.0698. The molecule has 0 saturated carbocycles. The summed E-state index contributed by atoms with van der Waals surface area (Å²) in [6.07, 6.45) is -8.51. The first-order chi connectivity index (χ1) is 34.3. The predicted molar refractivity (Wildman–Crippen MR) is 271 cm³/mol. The zero-order chi connectivity index (χ0) is 54.6. The van der Waals surface area contributed by atoms with E-state index in [1.54, 1.807) is 27.7 Å². The Labute approximate surface area is 436 Å². The molecule has 0 aromatic heterocycles. The van der Waals surface area contributed by atoms with E-state index in [9.17, 15) is 24.9 Å². The Morgan fingerprint density at radius 3 is 2.11 bits per heavy atom. The van der Waals surface area contributed by atoms with E-state index in [2.05, 4.69) is 23.9 Å². The zero-order valence-corrected chi connectivity index (χ0v) is 47.2. The quantitative estimate of drug-likeness (QED) is 0.0833. The van der Waals surface area contributed by atoms with Crippen LogP contribution in [0, 0.1) is 41.4 Å². The van der Waals surface area contributed by atoms with E-state index in [0.717, 1.165) is 25.8 Å². The van der Waals surface area contributed by atoms with Crippen molar-refractivity contribution >= 4 is 23.4 Å². The second-order valence-corrected chi connectivity index (χ2v) is 22.6. The number of hydrogen-bond acceptors (Lipinski definition) is 19. The zero-order valence-electron chi connectivity index (χ0n) is 47.2. The Kier molecular flexibility index (Phi) is 24.9. The van der Waals surface area contributed by atoms with Crippen molar-refractivity contribution in [3.63, 3.8) is 0 Å². The molecule has 0 aromatic carbocycles. The van der Waals surface area contributed by atoms with Crippen molar-refractivity contribution in [3.05, 3.63) is 0 Å². The summed E-state index contributed by atoms with van der Waals surface area (Å²) in [7, 11) is 4.32. The highest BCUT2D eigenvalue weighted by atomic mass is 16.7. The average molecular weight is 1050 g/mol. The van der Waals surface area contributed by atoms with Gasteiger partial charge in [0, 0.05) is 63.8 Å². The van der Waals surface area contributed by atoms with Crippen LogP contribution < -0.4 is 0 Å². The predicted octanol–water partition coefficient (Wildman–Crippen LogP) is 5.83. The number of unbranched alkanes of at least 4 members (excludes halogenated alkanes) is 2. The van der Waals surface area contributed by atoms with Crippen LogP contribution in [0.4, 0.5) is 0 Å². The Bertz CT molecular complexity index is 1740. The topological polar surface area (TPSA) is 229 Å². The van der Waals surface area contributed by atoms with Gasteiger partial charge in [-0.25, -0.2) is 0 Å². The standard InChI is InChI=1S/C54H96N2O17/c1-18-19-20-21-56-26-33(8)67-41(23-31(56)6)71-47-34(9)44(73-52-43(59)39(55-65-17)24-32(7)68-52)29(4)25-54(14,62)50(60)36(11)46(70-40(57)22-28(2)3)35(10)45(72-51(61)37(47)12)30(5)27-66-53-49(64-16)48(63-15)42(58)38(13)69-53/h28-38,41-49,52-53,58-59,62H,18-27H2,1-17H3/b55-39+/t29-,30-,31?,32+,33-,34+,35-,36+,37+,38+,41-,42+,43+,44-,45+,46+,47-,48+,49+,52-,53+,54-/m0/s1. The second-order valence-electron chi connectivity index (χ2n) is 22.6. The van der Waals surface area contributed by atoms with Crippen LogP contribution in [-0.2, 0) is 66.6 Å². The van der Waals surface area contributed by atoms with Gasteiger partial charge in [0.05, 0.1) is 54.7 Å². The highest BCUT2D eigenvalue weighted by Gasteiger charge is 2.51. The van der Waals surface area contributed by atoms with Crippen LogP contribution >= 0.6 is 0 Å². The molecule has 0 spiro atoms. The van der Waals surface area contributed by atoms with Gasteiger partial charge >= 0.3 is 11.9 Å². The molecule has 0 radical (unpaired) electrons. The smallest absolute Gasteiger partial charge is 0.311 e. The monoisotopic (exact) mass is 1040 g/mol. The van der Waals surface area contributed by atoms with E-state index >= 15 is 4.79 Å². The Morgan fingerprint density at radius 2 is 1.49 bits per heavy atom. The SMILES string of the molecule is CCCCCN1C[C@H](C)O[C@@H](O[C@H]2[C@H](C)[C@@H](O[C@@H]3O[C@H](C)C/C(=N\OC)[C@H]3O)[C@@H](C)C[C@](C)(O)C(=O)[C@H](C)[C@H](OC(=O)CC(C)C)[C@@H](C)[C@@H]([C@@H](C)CO[C@@H]3O[C@H](C)[C@@H](O)[C@@H](OC)[C@H]3OC)OC(=O)[C@@H]2C)CC1C. The molecular weight excluding hydrogens is 949 g/mol. The molecule has 4 saturated heterocycles. The number of esters is 2. The third kappa shape index (κ3) is 16.8. The number of aliphatic hydroxyl groups excluding tert-OH is 2. The maximum Gasteiger partial charge on any atom is 0.311 e. The van der Waals surface area contributed by atoms with Crippen molar-refractivity contribution in [3.8, 4) is 0 Å². The van der Waals surface area contributed by atoms with Crippen molar-refractivity contribution in [1.82, 2.24) is 4.90 Å². The van der Waals surface area contributed by atoms with Gasteiger partial charge in [-0.3, -0.25) is 19.3 Å². The molecule has 73 heavy (non-hydrogen) atoms. The molecule has 4 rings (SSSR count). The van der Waals surface area contributed by atoms with Gasteiger partial charge in [0.1, 0.15) is 49.3 Å². The summed E-state index contributed by atoms with van der Waals surface area (Å²) in [5.41, 5.74) is -1.69. The lowest BCUT2D eigenvalue weighted by Crippen LogP contribution is -2.59. The van der Waals surface area contributed by atoms with E-state index in [1.807, 2.05) is 48.5 Å². The summed E-state index contributed by atoms with van der Waals surface area (Å²) in [4.78, 5) is 51.4. The first-order valence-corrected chi connectivity index (χ1v) is 27.1. The summed E-state index contributed by atoms with van der Waals surface area (Å²) in [6.45, 7) is 27.3. The number of hydrogen-bond donors (Lipinski definition) is 3. The van der Waals surface area contributed by atoms with E-state index in [4.69, 9.17) is 52.2 Å². The fourth-order valence-corrected chi connectivity index (χ4v) is 11.5. The second kappa shape index (κ2) is 28.8. The molecule has 0 bridgehead atoms. The largest absolute Gasteiger partial charge is 0.461 e. The van der Waals surface area contributed by atoms with Crippen molar-refractivity contribution in [1.29, 1.82) is 0 Å². The van der Waals surface area contributed by atoms with Gasteiger partial charge in [0.2, 0.25) is 0 Å². The number of nitrogens with zero attached hydrogens (tertiary/aromatic N) is 2. The van der Waals surface area contributed by atoms with Gasteiger partial charge in [0.25, 0.3) is 0 Å². The van der Waals surface area contributed by atoms with Crippen molar-refractivity contribution < 1.29 is 81.9 Å². The average Bonchev–Trinajstić information content (AvgIpc) is 3.45. The molecule has 424 valence electrons. The molecule has 0 amide bonds. The molecule has 0 aromatic rings. The molecule has 22 atom stereocenters.